The molecule has 4 heterocycles. The molecule has 0 saturated carbocycles. The van der Waals surface area contributed by atoms with Gasteiger partial charge >= 0.3 is 0 Å². The summed E-state index contributed by atoms with van der Waals surface area (Å²) in [5.41, 5.74) is 38.4. The predicted molar refractivity (Wildman–Crippen MR) is 363 cm³/mol. The number of methoxy groups -OCH3 is 1. The van der Waals surface area contributed by atoms with Gasteiger partial charge in [0.25, 0.3) is 5.69 Å². The molecule has 5 aliphatic rings. The van der Waals surface area contributed by atoms with Crippen molar-refractivity contribution in [2.75, 3.05) is 79.6 Å². The van der Waals surface area contributed by atoms with Crippen LogP contribution >= 0.6 is 11.9 Å². The summed E-state index contributed by atoms with van der Waals surface area (Å²) in [4.78, 5) is 39.5. The van der Waals surface area contributed by atoms with Gasteiger partial charge in [-0.1, -0.05) is 81.4 Å². The Balaban J connectivity index is 0.000000191. The highest BCUT2D eigenvalue weighted by molar-refractivity contribution is 7.97. The number of aryl methyl sites for hydroxylation is 2. The molecule has 4 aliphatic heterocycles. The Kier molecular flexibility index (Phi) is 20.9. The van der Waals surface area contributed by atoms with E-state index in [0.29, 0.717) is 41.5 Å². The van der Waals surface area contributed by atoms with Gasteiger partial charge in [0.1, 0.15) is 34.3 Å². The van der Waals surface area contributed by atoms with E-state index in [9.17, 15) is 19.7 Å². The number of nitro benzene ring substituents is 1. The Hall–Kier alpha value is -9.12. The Labute approximate surface area is 521 Å². The molecule has 0 radical (unpaired) electrons. The van der Waals surface area contributed by atoms with Crippen molar-refractivity contribution in [1.82, 2.24) is 8.88 Å². The van der Waals surface area contributed by atoms with Crippen LogP contribution in [0.2, 0.25) is 0 Å². The Morgan fingerprint density at radius 1 is 0.773 bits per heavy atom. The summed E-state index contributed by atoms with van der Waals surface area (Å²) in [5, 5.41) is 12.6. The number of anilines is 7. The summed E-state index contributed by atoms with van der Waals surface area (Å²) in [6.45, 7) is 14.2. The molecular formula is C72H82N9O6S+. The fourth-order valence-electron chi connectivity index (χ4n) is 11.5. The van der Waals surface area contributed by atoms with E-state index in [2.05, 4.69) is 128 Å². The summed E-state index contributed by atoms with van der Waals surface area (Å²) >= 11 is 1.83. The van der Waals surface area contributed by atoms with E-state index in [1.807, 2.05) is 71.0 Å². The van der Waals surface area contributed by atoms with Crippen molar-refractivity contribution in [3.63, 3.8) is 0 Å². The van der Waals surface area contributed by atoms with Gasteiger partial charge in [0.15, 0.2) is 6.54 Å². The second kappa shape index (κ2) is 29.0. The fourth-order valence-corrected chi connectivity index (χ4v) is 12.6. The van der Waals surface area contributed by atoms with Crippen LogP contribution in [0.1, 0.15) is 75.1 Å². The van der Waals surface area contributed by atoms with Gasteiger partial charge in [0.2, 0.25) is 11.0 Å². The first-order valence-corrected chi connectivity index (χ1v) is 31.1. The number of rotatable bonds is 14. The number of hydrogen-bond acceptors (Lipinski definition) is 14. The number of nitrogen functional groups attached to an aromatic ring is 4. The molecule has 0 atom stereocenters. The summed E-state index contributed by atoms with van der Waals surface area (Å²) in [6, 6.07) is 55.8. The molecule has 12 rings (SSSR count). The molecule has 456 valence electrons. The zero-order valence-corrected chi connectivity index (χ0v) is 52.4. The van der Waals surface area contributed by atoms with Crippen LogP contribution in [0.4, 0.5) is 51.2 Å². The quantitative estimate of drug-likeness (QED) is 0.0199. The lowest BCUT2D eigenvalue weighted by Crippen LogP contribution is -2.32. The molecule has 88 heavy (non-hydrogen) atoms. The first kappa shape index (κ1) is 63.4. The van der Waals surface area contributed by atoms with E-state index in [0.717, 1.165) is 121 Å². The van der Waals surface area contributed by atoms with E-state index < -0.39 is 4.92 Å². The molecule has 16 heteroatoms. The third-order valence-corrected chi connectivity index (χ3v) is 17.8. The minimum absolute atomic E-state index is 0.0231. The number of nitrogens with zero attached hydrogens (tertiary/aromatic N) is 5. The largest absolute Gasteiger partial charge is 0.495 e. The second-order valence-electron chi connectivity index (χ2n) is 23.0. The van der Waals surface area contributed by atoms with Gasteiger partial charge in [-0.05, 0) is 140 Å². The van der Waals surface area contributed by atoms with Crippen LogP contribution in [0.5, 0.6) is 5.75 Å². The molecule has 8 N–H and O–H groups in total. The lowest BCUT2D eigenvalue weighted by molar-refractivity contribution is -0.383. The summed E-state index contributed by atoms with van der Waals surface area (Å²) in [5.74, 6) is 2.63. The molecule has 1 saturated heterocycles. The van der Waals surface area contributed by atoms with Crippen LogP contribution in [-0.4, -0.2) is 67.7 Å². The van der Waals surface area contributed by atoms with Gasteiger partial charge in [0.05, 0.1) is 23.8 Å². The summed E-state index contributed by atoms with van der Waals surface area (Å²) in [7, 11) is 3.60. The first-order chi connectivity index (χ1) is 42.4. The predicted octanol–water partition coefficient (Wildman–Crippen LogP) is 14.6. The van der Waals surface area contributed by atoms with Gasteiger partial charge in [-0.2, -0.15) is 4.58 Å². The zero-order valence-electron chi connectivity index (χ0n) is 51.6. The van der Waals surface area contributed by atoms with Crippen molar-refractivity contribution >= 4 is 85.7 Å². The smallest absolute Gasteiger partial charge is 0.292 e. The molecule has 0 amide bonds. The van der Waals surface area contributed by atoms with Crippen LogP contribution in [-0.2, 0) is 22.4 Å². The highest BCUT2D eigenvalue weighted by Gasteiger charge is 2.29. The van der Waals surface area contributed by atoms with Crippen LogP contribution in [0, 0.1) is 35.8 Å². The monoisotopic (exact) mass is 1200 g/mol. The lowest BCUT2D eigenvalue weighted by atomic mass is 9.92. The number of Topliss-reactive ketones (excluding diaryl/α,β-unsaturated/α-hetero) is 2. The maximum atomic E-state index is 12.4. The van der Waals surface area contributed by atoms with Crippen LogP contribution in [0.3, 0.4) is 0 Å². The maximum absolute atomic E-state index is 12.4. The number of carbonyl (C=O) groups is 2. The maximum Gasteiger partial charge on any atom is 0.292 e. The number of ketones is 2. The van der Waals surface area contributed by atoms with Crippen molar-refractivity contribution in [2.24, 2.45) is 11.8 Å². The highest BCUT2D eigenvalue weighted by atomic mass is 32.2. The second-order valence-corrected chi connectivity index (χ2v) is 24.2. The first-order valence-electron chi connectivity index (χ1n) is 30.3. The third-order valence-electron chi connectivity index (χ3n) is 16.6. The van der Waals surface area contributed by atoms with E-state index in [4.69, 9.17) is 32.1 Å². The van der Waals surface area contributed by atoms with Crippen LogP contribution in [0.15, 0.2) is 173 Å². The molecular weight excluding hydrogens is 1120 g/mol. The molecule has 0 spiro atoms. The third kappa shape index (κ3) is 15.2. The molecule has 0 aromatic heterocycles. The molecule has 1 aliphatic carbocycles. The van der Waals surface area contributed by atoms with Crippen molar-refractivity contribution in [2.45, 2.75) is 84.5 Å². The van der Waals surface area contributed by atoms with Gasteiger partial charge in [-0.3, -0.25) is 19.7 Å². The van der Waals surface area contributed by atoms with E-state index in [1.165, 1.54) is 50.7 Å². The molecule has 7 aromatic rings. The standard InChI is InChI=1S/C43H40N3O2S.C14H22N2O.C8H12N2O.C7H8N2O2/c1-2-39(47)31-19-23-44(24-20-31)49-42-14-8-5-11-36(42)43-34-17-15-32(45-25-21-29-9-3-6-12-37(29)45)27-40(34)48-41-28-33(16-18-35(41)43)46-26-22-30-10-4-7-13-38(30)46;1-11(2)14(17)5-4-10-16(3)13-8-6-12(15)7-9-13;1-5-3-7(10)8(11-2)4-6(5)9;1-5-2-3-6(8)7(4-5)9(10)11/h3-18,27-28,31H,2,19-26H2,1H3;6-9,11H,4-5,10,15H2,1-3H3;3-4H,9-10H2,1-2H3;2-4H,8H2,1H3/q+1;;;. The van der Waals surface area contributed by atoms with Crippen LogP contribution in [0.25, 0.3) is 33.4 Å². The number of piperidine rings is 1. The number of benzene rings is 8. The van der Waals surface area contributed by atoms with Crippen molar-refractivity contribution in [1.29, 1.82) is 0 Å². The highest BCUT2D eigenvalue weighted by Crippen LogP contribution is 2.46. The minimum Gasteiger partial charge on any atom is -0.495 e. The minimum atomic E-state index is -0.484. The van der Waals surface area contributed by atoms with Gasteiger partial charge < -0.3 is 41.9 Å². The fraction of sp³-hybridized carbons (Fsp3) is 0.292. The Morgan fingerprint density at radius 3 is 2.20 bits per heavy atom. The number of nitro groups is 1. The lowest BCUT2D eigenvalue weighted by Gasteiger charge is -2.30. The number of nitrogens with two attached hydrogens (primary N) is 4. The SMILES string of the molecule is CC(C)C(=O)CCCN(C)c1ccc(N)cc1.CCC(=O)C1CCN(Sc2ccccc2-c2c3ccc(=[N+]4CCc5ccccc54)cc-3oc3cc(N4CCc5ccccc54)ccc23)CC1.COc1cc(N)c(C)cc1N.Cc1ccc(N)c([N+](=O)[O-])c1. The number of ether oxygens (including phenoxy) is 1. The number of carbonyl (C=O) groups excluding carboxylic acids is 2. The molecule has 0 unspecified atom stereocenters. The average Bonchev–Trinajstić information content (AvgIpc) is 1.00. The van der Waals surface area contributed by atoms with Crippen LogP contribution < -0.4 is 47.4 Å². The molecule has 1 fully saturated rings. The topological polar surface area (TPSA) is 216 Å². The Morgan fingerprint density at radius 2 is 1.49 bits per heavy atom. The summed E-state index contributed by atoms with van der Waals surface area (Å²) < 4.78 is 16.8. The van der Waals surface area contributed by atoms with Crippen molar-refractivity contribution in [3.8, 4) is 28.2 Å². The number of fused-ring (bicyclic) bond motifs is 4. The normalized spacial score (nSPS) is 14.2. The zero-order chi connectivity index (χ0) is 62.6. The summed E-state index contributed by atoms with van der Waals surface area (Å²) in [6.07, 6.45) is 6.16. The van der Waals surface area contributed by atoms with E-state index in [1.54, 1.807) is 32.2 Å². The molecule has 7 aromatic carbocycles. The molecule has 15 nitrogen and oxygen atoms in total. The average molecular weight is 1200 g/mol. The number of hydrogen-bond donors (Lipinski definition) is 4. The molecule has 0 bridgehead atoms. The van der Waals surface area contributed by atoms with Gasteiger partial charge in [-0.25, -0.2) is 4.31 Å². The van der Waals surface area contributed by atoms with Crippen molar-refractivity contribution < 1.29 is 23.7 Å². The Bertz CT molecular complexity index is 3990. The van der Waals surface area contributed by atoms with Gasteiger partial charge in [-0.15, -0.1) is 0 Å². The van der Waals surface area contributed by atoms with E-state index in [-0.39, 0.29) is 23.2 Å². The van der Waals surface area contributed by atoms with Gasteiger partial charge in [0, 0.05) is 150 Å². The van der Waals surface area contributed by atoms with Crippen molar-refractivity contribution in [3.05, 3.63) is 202 Å². The number of para-hydroxylation sites is 2. The van der Waals surface area contributed by atoms with E-state index >= 15 is 0 Å².